The molecule has 7 heteroatoms. The van der Waals surface area contributed by atoms with Crippen LogP contribution in [-0.4, -0.2) is 14.3 Å². The number of hydrogen-bond donors (Lipinski definition) is 2. The smallest absolute Gasteiger partial charge is 0.263 e. The number of carbonyl (C=O) groups excluding carboxylic acids is 1. The van der Waals surface area contributed by atoms with Gasteiger partial charge in [-0.15, -0.1) is 0 Å². The Morgan fingerprint density at radius 2 is 1.43 bits per heavy atom. The first kappa shape index (κ1) is 24.5. The molecule has 1 unspecified atom stereocenters. The third-order valence-electron chi connectivity index (χ3n) is 5.78. The molecule has 0 saturated carbocycles. The van der Waals surface area contributed by atoms with E-state index in [1.807, 2.05) is 67.6 Å². The van der Waals surface area contributed by atoms with Gasteiger partial charge in [-0.05, 0) is 60.4 Å². The third kappa shape index (κ3) is 5.56. The van der Waals surface area contributed by atoms with E-state index in [-0.39, 0.29) is 15.5 Å². The van der Waals surface area contributed by atoms with Crippen LogP contribution in [0.5, 0.6) is 0 Å². The van der Waals surface area contributed by atoms with Crippen LogP contribution >= 0.6 is 11.6 Å². The van der Waals surface area contributed by atoms with Crippen LogP contribution in [0.4, 0.5) is 5.69 Å². The number of carbonyl (C=O) groups is 1. The van der Waals surface area contributed by atoms with E-state index in [9.17, 15) is 13.2 Å². The van der Waals surface area contributed by atoms with Crippen LogP contribution in [0.3, 0.4) is 0 Å². The zero-order valence-corrected chi connectivity index (χ0v) is 20.9. The van der Waals surface area contributed by atoms with Crippen molar-refractivity contribution < 1.29 is 13.2 Å². The van der Waals surface area contributed by atoms with Crippen LogP contribution in [0.1, 0.15) is 38.7 Å². The fourth-order valence-electron chi connectivity index (χ4n) is 3.85. The van der Waals surface area contributed by atoms with Crippen molar-refractivity contribution >= 4 is 33.2 Å². The molecule has 4 aromatic carbocycles. The summed E-state index contributed by atoms with van der Waals surface area (Å²) < 4.78 is 28.8. The molecule has 0 aliphatic carbocycles. The number of aryl methyl sites for hydroxylation is 2. The lowest BCUT2D eigenvalue weighted by molar-refractivity contribution is 0.0942. The number of hydrogen-bond acceptors (Lipinski definition) is 3. The summed E-state index contributed by atoms with van der Waals surface area (Å²) >= 11 is 6.26. The molecule has 0 heterocycles. The Bertz CT molecular complexity index is 1470. The Kier molecular flexibility index (Phi) is 7.24. The minimum Gasteiger partial charge on any atom is -0.341 e. The number of amides is 1. The van der Waals surface area contributed by atoms with E-state index >= 15 is 0 Å². The van der Waals surface area contributed by atoms with Crippen LogP contribution in [0.15, 0.2) is 102 Å². The standard InChI is InChI=1S/C28H25ClN2O3S/c1-19-10-6-8-14-23(19)27(21-12-4-3-5-13-21)30-28(32)22-16-17-24(29)26(18-22)35(33,34)31-25-15-9-7-11-20(25)2/h3-18,27,31H,1-2H3,(H,30,32). The molecule has 178 valence electrons. The van der Waals surface area contributed by atoms with E-state index < -0.39 is 22.0 Å². The predicted octanol–water partition coefficient (Wildman–Crippen LogP) is 6.28. The highest BCUT2D eigenvalue weighted by Gasteiger charge is 2.23. The average molecular weight is 505 g/mol. The Balaban J connectivity index is 1.67. The van der Waals surface area contributed by atoms with E-state index in [2.05, 4.69) is 10.0 Å². The maximum absolute atomic E-state index is 13.3. The van der Waals surface area contributed by atoms with E-state index in [0.29, 0.717) is 5.69 Å². The van der Waals surface area contributed by atoms with Crippen LogP contribution in [0.2, 0.25) is 5.02 Å². The van der Waals surface area contributed by atoms with E-state index in [1.54, 1.807) is 25.1 Å². The van der Waals surface area contributed by atoms with Gasteiger partial charge in [-0.3, -0.25) is 9.52 Å². The van der Waals surface area contributed by atoms with E-state index in [4.69, 9.17) is 11.6 Å². The van der Waals surface area contributed by atoms with Gasteiger partial charge in [0.05, 0.1) is 16.8 Å². The van der Waals surface area contributed by atoms with Gasteiger partial charge in [0, 0.05) is 5.56 Å². The molecule has 1 atom stereocenters. The van der Waals surface area contributed by atoms with Crippen LogP contribution < -0.4 is 10.0 Å². The van der Waals surface area contributed by atoms with E-state index in [1.165, 1.54) is 18.2 Å². The van der Waals surface area contributed by atoms with Crippen molar-refractivity contribution in [1.82, 2.24) is 5.32 Å². The molecular weight excluding hydrogens is 480 g/mol. The van der Waals surface area contributed by atoms with Crippen molar-refractivity contribution in [2.45, 2.75) is 24.8 Å². The fraction of sp³-hybridized carbons (Fsp3) is 0.107. The molecule has 0 saturated heterocycles. The second-order valence-corrected chi connectivity index (χ2v) is 10.3. The number of para-hydroxylation sites is 1. The first-order valence-electron chi connectivity index (χ1n) is 11.1. The predicted molar refractivity (Wildman–Crippen MR) is 140 cm³/mol. The molecule has 0 aliphatic rings. The average Bonchev–Trinajstić information content (AvgIpc) is 2.85. The highest BCUT2D eigenvalue weighted by atomic mass is 35.5. The van der Waals surface area contributed by atoms with Crippen molar-refractivity contribution in [1.29, 1.82) is 0 Å². The molecule has 0 aromatic heterocycles. The molecule has 4 rings (SSSR count). The summed E-state index contributed by atoms with van der Waals surface area (Å²) in [5, 5.41) is 3.10. The lowest BCUT2D eigenvalue weighted by Gasteiger charge is -2.22. The molecule has 0 spiro atoms. The number of anilines is 1. The molecule has 2 N–H and O–H groups in total. The van der Waals surface area contributed by atoms with Gasteiger partial charge in [0.2, 0.25) is 0 Å². The number of halogens is 1. The molecule has 35 heavy (non-hydrogen) atoms. The summed E-state index contributed by atoms with van der Waals surface area (Å²) in [5.74, 6) is -0.411. The SMILES string of the molecule is Cc1ccccc1NS(=O)(=O)c1cc(C(=O)NC(c2ccccc2)c2ccccc2C)ccc1Cl. The first-order chi connectivity index (χ1) is 16.8. The zero-order chi connectivity index (χ0) is 25.0. The molecule has 4 aromatic rings. The Hall–Kier alpha value is -3.61. The molecule has 5 nitrogen and oxygen atoms in total. The summed E-state index contributed by atoms with van der Waals surface area (Å²) in [7, 11) is -4.02. The monoisotopic (exact) mass is 504 g/mol. The molecule has 0 aliphatic heterocycles. The highest BCUT2D eigenvalue weighted by molar-refractivity contribution is 7.92. The topological polar surface area (TPSA) is 75.3 Å². The minimum atomic E-state index is -4.02. The Morgan fingerprint density at radius 1 is 0.800 bits per heavy atom. The van der Waals surface area contributed by atoms with Crippen molar-refractivity contribution in [3.05, 3.63) is 130 Å². The van der Waals surface area contributed by atoms with Gasteiger partial charge >= 0.3 is 0 Å². The van der Waals surface area contributed by atoms with Gasteiger partial charge in [0.15, 0.2) is 0 Å². The summed E-state index contributed by atoms with van der Waals surface area (Å²) in [6, 6.07) is 28.3. The molecule has 0 fully saturated rings. The number of rotatable bonds is 7. The van der Waals surface area contributed by atoms with Gasteiger partial charge in [-0.25, -0.2) is 8.42 Å². The van der Waals surface area contributed by atoms with Gasteiger partial charge < -0.3 is 5.32 Å². The van der Waals surface area contributed by atoms with Crippen LogP contribution in [0, 0.1) is 13.8 Å². The lowest BCUT2D eigenvalue weighted by Crippen LogP contribution is -2.30. The van der Waals surface area contributed by atoms with Gasteiger partial charge in [-0.1, -0.05) is 84.4 Å². The number of sulfonamides is 1. The van der Waals surface area contributed by atoms with Crippen LogP contribution in [-0.2, 0) is 10.0 Å². The quantitative estimate of drug-likeness (QED) is 0.311. The second-order valence-electron chi connectivity index (χ2n) is 8.24. The highest BCUT2D eigenvalue weighted by Crippen LogP contribution is 2.28. The minimum absolute atomic E-state index is 0.0288. The maximum Gasteiger partial charge on any atom is 0.263 e. The Labute approximate surface area is 210 Å². The fourth-order valence-corrected chi connectivity index (χ4v) is 5.51. The van der Waals surface area contributed by atoms with Crippen molar-refractivity contribution in [2.24, 2.45) is 0 Å². The molecule has 0 bridgehead atoms. The second kappa shape index (κ2) is 10.3. The number of nitrogens with one attached hydrogen (secondary N) is 2. The molecule has 1 amide bonds. The van der Waals surface area contributed by atoms with Gasteiger partial charge in [0.1, 0.15) is 4.90 Å². The van der Waals surface area contributed by atoms with Crippen molar-refractivity contribution in [2.75, 3.05) is 4.72 Å². The Morgan fingerprint density at radius 3 is 2.11 bits per heavy atom. The largest absolute Gasteiger partial charge is 0.341 e. The first-order valence-corrected chi connectivity index (χ1v) is 12.9. The lowest BCUT2D eigenvalue weighted by atomic mass is 9.94. The zero-order valence-electron chi connectivity index (χ0n) is 19.3. The number of benzene rings is 4. The van der Waals surface area contributed by atoms with Crippen LogP contribution in [0.25, 0.3) is 0 Å². The summed E-state index contributed by atoms with van der Waals surface area (Å²) in [6.07, 6.45) is 0. The summed E-state index contributed by atoms with van der Waals surface area (Å²) in [4.78, 5) is 13.2. The summed E-state index contributed by atoms with van der Waals surface area (Å²) in [6.45, 7) is 3.79. The molecular formula is C28H25ClN2O3S. The van der Waals surface area contributed by atoms with E-state index in [0.717, 1.165) is 22.3 Å². The van der Waals surface area contributed by atoms with Gasteiger partial charge in [-0.2, -0.15) is 0 Å². The van der Waals surface area contributed by atoms with Crippen molar-refractivity contribution in [3.8, 4) is 0 Å². The third-order valence-corrected chi connectivity index (χ3v) is 7.63. The summed E-state index contributed by atoms with van der Waals surface area (Å²) in [5.41, 5.74) is 4.30. The molecule has 0 radical (unpaired) electrons. The van der Waals surface area contributed by atoms with Crippen molar-refractivity contribution in [3.63, 3.8) is 0 Å². The van der Waals surface area contributed by atoms with Gasteiger partial charge in [0.25, 0.3) is 15.9 Å². The normalized spacial score (nSPS) is 12.1. The maximum atomic E-state index is 13.3.